The lowest BCUT2D eigenvalue weighted by Crippen LogP contribution is -2.54. The fourth-order valence-electron chi connectivity index (χ4n) is 3.15. The number of nitrogens with one attached hydrogen (secondary N) is 1. The third-order valence-electron chi connectivity index (χ3n) is 4.24. The lowest BCUT2D eigenvalue weighted by molar-refractivity contribution is -0.123. The molecule has 2 atom stereocenters. The van der Waals surface area contributed by atoms with Crippen molar-refractivity contribution in [2.75, 3.05) is 6.61 Å². The number of pyridine rings is 1. The maximum atomic E-state index is 12.2. The summed E-state index contributed by atoms with van der Waals surface area (Å²) in [6.45, 7) is 4.16. The molecule has 1 aliphatic carbocycles. The van der Waals surface area contributed by atoms with Crippen molar-refractivity contribution in [1.29, 1.82) is 0 Å². The summed E-state index contributed by atoms with van der Waals surface area (Å²) in [4.78, 5) is 16.5. The minimum atomic E-state index is -0.433. The van der Waals surface area contributed by atoms with E-state index in [0.717, 1.165) is 30.5 Å². The molecule has 0 spiro atoms. The topological polar surface area (TPSA) is 62.2 Å². The van der Waals surface area contributed by atoms with Gasteiger partial charge in [0.1, 0.15) is 0 Å². The second kappa shape index (κ2) is 6.35. The van der Waals surface area contributed by atoms with Crippen LogP contribution >= 0.6 is 0 Å². The molecule has 1 aromatic rings. The van der Waals surface area contributed by atoms with Crippen LogP contribution in [-0.2, 0) is 11.2 Å². The van der Waals surface area contributed by atoms with Gasteiger partial charge < -0.3 is 10.4 Å². The van der Waals surface area contributed by atoms with E-state index in [-0.39, 0.29) is 18.9 Å². The summed E-state index contributed by atoms with van der Waals surface area (Å²) in [5.41, 5.74) is 1.40. The van der Waals surface area contributed by atoms with Gasteiger partial charge >= 0.3 is 0 Å². The van der Waals surface area contributed by atoms with Crippen LogP contribution < -0.4 is 5.32 Å². The standard InChI is InChI=1S/C16H24N2O2/c1-12-5-3-7-16(10-12,11-19)18-15(20)9-14-13(2)6-4-8-17-14/h4,6,8,12,19H,3,5,7,9-11H2,1-2H3,(H,18,20). The maximum absolute atomic E-state index is 12.2. The number of hydrogen-bond acceptors (Lipinski definition) is 3. The monoisotopic (exact) mass is 276 g/mol. The van der Waals surface area contributed by atoms with E-state index in [9.17, 15) is 9.90 Å². The SMILES string of the molecule is Cc1cccnc1CC(=O)NC1(CO)CCCC(C)C1. The van der Waals surface area contributed by atoms with Gasteiger partial charge in [0.05, 0.1) is 24.3 Å². The molecule has 110 valence electrons. The van der Waals surface area contributed by atoms with Gasteiger partial charge in [-0.05, 0) is 37.3 Å². The first-order chi connectivity index (χ1) is 9.54. The fourth-order valence-corrected chi connectivity index (χ4v) is 3.15. The zero-order valence-corrected chi connectivity index (χ0v) is 12.4. The Balaban J connectivity index is 2.01. The second-order valence-electron chi connectivity index (χ2n) is 6.13. The Kier molecular flexibility index (Phi) is 4.76. The van der Waals surface area contributed by atoms with Crippen LogP contribution in [0.4, 0.5) is 0 Å². The summed E-state index contributed by atoms with van der Waals surface area (Å²) < 4.78 is 0. The van der Waals surface area contributed by atoms with E-state index in [1.807, 2.05) is 19.1 Å². The Morgan fingerprint density at radius 2 is 2.40 bits per heavy atom. The molecule has 1 saturated carbocycles. The number of carbonyl (C=O) groups is 1. The molecule has 2 rings (SSSR count). The van der Waals surface area contributed by atoms with E-state index in [4.69, 9.17) is 0 Å². The molecule has 2 unspecified atom stereocenters. The molecule has 0 bridgehead atoms. The Hall–Kier alpha value is -1.42. The number of aliphatic hydroxyl groups excluding tert-OH is 1. The predicted octanol–water partition coefficient (Wildman–Crippen LogP) is 1.99. The molecule has 1 aromatic heterocycles. The molecule has 1 heterocycles. The molecular formula is C16H24N2O2. The molecule has 0 radical (unpaired) electrons. The highest BCUT2D eigenvalue weighted by Gasteiger charge is 2.35. The number of aromatic nitrogens is 1. The van der Waals surface area contributed by atoms with Crippen LogP contribution in [0.5, 0.6) is 0 Å². The van der Waals surface area contributed by atoms with Crippen molar-refractivity contribution in [3.05, 3.63) is 29.6 Å². The Bertz CT molecular complexity index is 475. The van der Waals surface area contributed by atoms with Crippen LogP contribution in [0.3, 0.4) is 0 Å². The molecule has 1 aliphatic rings. The highest BCUT2D eigenvalue weighted by Crippen LogP contribution is 2.32. The maximum Gasteiger partial charge on any atom is 0.226 e. The lowest BCUT2D eigenvalue weighted by atomic mass is 9.76. The minimum Gasteiger partial charge on any atom is -0.394 e. The minimum absolute atomic E-state index is 0.0181. The smallest absolute Gasteiger partial charge is 0.226 e. The normalized spacial score (nSPS) is 26.2. The van der Waals surface area contributed by atoms with E-state index in [0.29, 0.717) is 5.92 Å². The summed E-state index contributed by atoms with van der Waals surface area (Å²) in [6.07, 6.45) is 5.95. The van der Waals surface area contributed by atoms with Crippen LogP contribution in [0.25, 0.3) is 0 Å². The summed E-state index contributed by atoms with van der Waals surface area (Å²) in [5.74, 6) is 0.503. The van der Waals surface area contributed by atoms with Gasteiger partial charge in [-0.25, -0.2) is 0 Å². The summed E-state index contributed by atoms with van der Waals surface area (Å²) in [6, 6.07) is 3.83. The molecule has 20 heavy (non-hydrogen) atoms. The molecular weight excluding hydrogens is 252 g/mol. The molecule has 4 nitrogen and oxygen atoms in total. The van der Waals surface area contributed by atoms with Crippen LogP contribution in [0.2, 0.25) is 0 Å². The lowest BCUT2D eigenvalue weighted by Gasteiger charge is -2.39. The fraction of sp³-hybridized carbons (Fsp3) is 0.625. The first-order valence-electron chi connectivity index (χ1n) is 7.37. The molecule has 1 fully saturated rings. The predicted molar refractivity (Wildman–Crippen MR) is 78.3 cm³/mol. The number of aryl methyl sites for hydroxylation is 1. The van der Waals surface area contributed by atoms with E-state index < -0.39 is 5.54 Å². The molecule has 0 aromatic carbocycles. The van der Waals surface area contributed by atoms with Gasteiger partial charge in [-0.3, -0.25) is 9.78 Å². The van der Waals surface area contributed by atoms with Gasteiger partial charge in [0.2, 0.25) is 5.91 Å². The quantitative estimate of drug-likeness (QED) is 0.884. The Morgan fingerprint density at radius 3 is 3.05 bits per heavy atom. The second-order valence-corrected chi connectivity index (χ2v) is 6.13. The largest absolute Gasteiger partial charge is 0.394 e. The van der Waals surface area contributed by atoms with E-state index in [1.54, 1.807) is 6.20 Å². The van der Waals surface area contributed by atoms with Crippen molar-refractivity contribution in [3.63, 3.8) is 0 Å². The summed E-state index contributed by atoms with van der Waals surface area (Å²) in [5, 5.41) is 12.8. The summed E-state index contributed by atoms with van der Waals surface area (Å²) in [7, 11) is 0. The van der Waals surface area contributed by atoms with E-state index in [1.165, 1.54) is 6.42 Å². The van der Waals surface area contributed by atoms with Gasteiger partial charge in [-0.1, -0.05) is 25.8 Å². The van der Waals surface area contributed by atoms with Crippen molar-refractivity contribution < 1.29 is 9.90 Å². The van der Waals surface area contributed by atoms with Crippen LogP contribution in [0.1, 0.15) is 43.9 Å². The molecule has 0 aliphatic heterocycles. The number of aliphatic hydroxyl groups is 1. The first-order valence-corrected chi connectivity index (χ1v) is 7.37. The third kappa shape index (κ3) is 3.57. The molecule has 4 heteroatoms. The third-order valence-corrected chi connectivity index (χ3v) is 4.24. The highest BCUT2D eigenvalue weighted by molar-refractivity contribution is 5.79. The zero-order valence-electron chi connectivity index (χ0n) is 12.4. The van der Waals surface area contributed by atoms with Crippen LogP contribution in [-0.4, -0.2) is 28.1 Å². The number of nitrogens with zero attached hydrogens (tertiary/aromatic N) is 1. The number of carbonyl (C=O) groups excluding carboxylic acids is 1. The molecule has 2 N–H and O–H groups in total. The van der Waals surface area contributed by atoms with Crippen molar-refractivity contribution in [2.24, 2.45) is 5.92 Å². The van der Waals surface area contributed by atoms with Crippen molar-refractivity contribution in [2.45, 2.75) is 51.5 Å². The van der Waals surface area contributed by atoms with Gasteiger partial charge in [0, 0.05) is 6.20 Å². The zero-order chi connectivity index (χ0) is 14.6. The molecule has 0 saturated heterocycles. The first kappa shape index (κ1) is 15.0. The van der Waals surface area contributed by atoms with Crippen molar-refractivity contribution in [1.82, 2.24) is 10.3 Å². The number of rotatable bonds is 4. The van der Waals surface area contributed by atoms with Crippen LogP contribution in [0, 0.1) is 12.8 Å². The summed E-state index contributed by atoms with van der Waals surface area (Å²) >= 11 is 0. The molecule has 1 amide bonds. The van der Waals surface area contributed by atoms with Gasteiger partial charge in [-0.2, -0.15) is 0 Å². The van der Waals surface area contributed by atoms with Gasteiger partial charge in [-0.15, -0.1) is 0 Å². The highest BCUT2D eigenvalue weighted by atomic mass is 16.3. The van der Waals surface area contributed by atoms with Crippen molar-refractivity contribution >= 4 is 5.91 Å². The number of amides is 1. The van der Waals surface area contributed by atoms with Gasteiger partial charge in [0.25, 0.3) is 0 Å². The Labute approximate surface area is 120 Å². The number of hydrogen-bond donors (Lipinski definition) is 2. The van der Waals surface area contributed by atoms with E-state index in [2.05, 4.69) is 17.2 Å². The average Bonchev–Trinajstić information content (AvgIpc) is 2.41. The van der Waals surface area contributed by atoms with Crippen LogP contribution in [0.15, 0.2) is 18.3 Å². The Morgan fingerprint density at radius 1 is 1.60 bits per heavy atom. The van der Waals surface area contributed by atoms with Crippen molar-refractivity contribution in [3.8, 4) is 0 Å². The van der Waals surface area contributed by atoms with Gasteiger partial charge in [0.15, 0.2) is 0 Å². The average molecular weight is 276 g/mol. The van der Waals surface area contributed by atoms with E-state index >= 15 is 0 Å².